The van der Waals surface area contributed by atoms with E-state index in [0.717, 1.165) is 5.56 Å². The Morgan fingerprint density at radius 2 is 1.85 bits per heavy atom. The molecule has 20 heavy (non-hydrogen) atoms. The molecule has 0 bridgehead atoms. The summed E-state index contributed by atoms with van der Waals surface area (Å²) in [4.78, 5) is 0.0777. The number of hydrogen-bond donors (Lipinski definition) is 2. The Kier molecular flexibility index (Phi) is 4.32. The highest BCUT2D eigenvalue weighted by molar-refractivity contribution is 7.89. The van der Waals surface area contributed by atoms with Crippen LogP contribution in [-0.2, 0) is 10.0 Å². The van der Waals surface area contributed by atoms with Gasteiger partial charge in [0.25, 0.3) is 0 Å². The van der Waals surface area contributed by atoms with Crippen molar-refractivity contribution < 1.29 is 8.42 Å². The summed E-state index contributed by atoms with van der Waals surface area (Å²) in [6.07, 6.45) is 0. The summed E-state index contributed by atoms with van der Waals surface area (Å²) < 4.78 is 23.1. The lowest BCUT2D eigenvalue weighted by molar-refractivity contribution is 0.598. The Balaban J connectivity index is 2.31. The lowest BCUT2D eigenvalue weighted by atomic mass is 10.1. The number of primary sulfonamides is 1. The lowest BCUT2D eigenvalue weighted by Crippen LogP contribution is -2.16. The van der Waals surface area contributed by atoms with Gasteiger partial charge in [0, 0.05) is 11.1 Å². The smallest absolute Gasteiger partial charge is 0.240 e. The van der Waals surface area contributed by atoms with Crippen LogP contribution in [0.5, 0.6) is 0 Å². The molecule has 3 N–H and O–H groups in total. The lowest BCUT2D eigenvalue weighted by Gasteiger charge is -2.18. The van der Waals surface area contributed by atoms with Gasteiger partial charge in [-0.15, -0.1) is 0 Å². The first kappa shape index (κ1) is 14.8. The molecule has 2 aromatic carbocycles. The van der Waals surface area contributed by atoms with E-state index >= 15 is 0 Å². The van der Waals surface area contributed by atoms with Gasteiger partial charge in [-0.1, -0.05) is 35.9 Å². The number of halogens is 1. The van der Waals surface area contributed by atoms with Crippen LogP contribution in [0.3, 0.4) is 0 Å². The van der Waals surface area contributed by atoms with Crippen LogP contribution in [0.15, 0.2) is 53.4 Å². The van der Waals surface area contributed by atoms with Gasteiger partial charge in [0.05, 0.1) is 5.69 Å². The minimum atomic E-state index is -3.76. The van der Waals surface area contributed by atoms with Crippen molar-refractivity contribution in [2.45, 2.75) is 17.9 Å². The third-order valence-electron chi connectivity index (χ3n) is 2.91. The van der Waals surface area contributed by atoms with E-state index in [9.17, 15) is 8.42 Å². The van der Waals surface area contributed by atoms with Crippen LogP contribution in [0.2, 0.25) is 5.02 Å². The van der Waals surface area contributed by atoms with Crippen LogP contribution >= 0.6 is 11.6 Å². The highest BCUT2D eigenvalue weighted by atomic mass is 35.5. The summed E-state index contributed by atoms with van der Waals surface area (Å²) in [6.45, 7) is 1.92. The van der Waals surface area contributed by atoms with Crippen LogP contribution in [0.25, 0.3) is 0 Å². The molecule has 0 aromatic heterocycles. The van der Waals surface area contributed by atoms with E-state index in [1.165, 1.54) is 6.07 Å². The number of nitrogens with two attached hydrogens (primary N) is 1. The van der Waals surface area contributed by atoms with Crippen LogP contribution in [0, 0.1) is 0 Å². The molecule has 0 saturated heterocycles. The minimum absolute atomic E-state index is 0.0777. The standard InChI is InChI=1S/C14H15ClN2O2S/c1-10(11-5-4-6-12(15)9-11)17-13-7-2-3-8-14(13)20(16,18)19/h2-10,17H,1H3,(H2,16,18,19). The third kappa shape index (κ3) is 3.50. The molecule has 0 amide bonds. The average molecular weight is 311 g/mol. The summed E-state index contributed by atoms with van der Waals surface area (Å²) in [6, 6.07) is 13.8. The molecule has 4 nitrogen and oxygen atoms in total. The fourth-order valence-corrected chi connectivity index (χ4v) is 2.83. The van der Waals surface area contributed by atoms with Crippen LogP contribution in [0.1, 0.15) is 18.5 Å². The van der Waals surface area contributed by atoms with Crippen molar-refractivity contribution in [1.82, 2.24) is 0 Å². The molecule has 0 heterocycles. The summed E-state index contributed by atoms with van der Waals surface area (Å²) in [5.74, 6) is 0. The zero-order valence-corrected chi connectivity index (χ0v) is 12.4. The van der Waals surface area contributed by atoms with Gasteiger partial charge in [-0.25, -0.2) is 13.6 Å². The Bertz CT molecular complexity index is 717. The Labute approximate surface area is 123 Å². The summed E-state index contributed by atoms with van der Waals surface area (Å²) in [5, 5.41) is 8.99. The Hall–Kier alpha value is -1.56. The van der Waals surface area contributed by atoms with Crippen LogP contribution in [0.4, 0.5) is 5.69 Å². The number of anilines is 1. The predicted octanol–water partition coefficient (Wildman–Crippen LogP) is 3.16. The molecule has 1 unspecified atom stereocenters. The molecule has 1 atom stereocenters. The molecule has 2 aromatic rings. The van der Waals surface area contributed by atoms with Crippen molar-refractivity contribution in [3.05, 3.63) is 59.1 Å². The fraction of sp³-hybridized carbons (Fsp3) is 0.143. The number of nitrogens with one attached hydrogen (secondary N) is 1. The molecular weight excluding hydrogens is 296 g/mol. The monoisotopic (exact) mass is 310 g/mol. The highest BCUT2D eigenvalue weighted by Gasteiger charge is 2.15. The van der Waals surface area contributed by atoms with E-state index in [-0.39, 0.29) is 10.9 Å². The number of benzene rings is 2. The first-order valence-electron chi connectivity index (χ1n) is 6.02. The van der Waals surface area contributed by atoms with E-state index in [0.29, 0.717) is 10.7 Å². The largest absolute Gasteiger partial charge is 0.377 e. The van der Waals surface area contributed by atoms with Gasteiger partial charge in [0.1, 0.15) is 4.90 Å². The molecule has 0 aliphatic rings. The quantitative estimate of drug-likeness (QED) is 0.911. The molecule has 0 aliphatic heterocycles. The van der Waals surface area contributed by atoms with Gasteiger partial charge in [0.15, 0.2) is 0 Å². The van der Waals surface area contributed by atoms with Gasteiger partial charge < -0.3 is 5.32 Å². The minimum Gasteiger partial charge on any atom is -0.377 e. The van der Waals surface area contributed by atoms with Crippen LogP contribution in [-0.4, -0.2) is 8.42 Å². The molecule has 0 aliphatic carbocycles. The van der Waals surface area contributed by atoms with E-state index in [1.807, 2.05) is 25.1 Å². The van der Waals surface area contributed by atoms with E-state index in [2.05, 4.69) is 5.32 Å². The third-order valence-corrected chi connectivity index (χ3v) is 4.12. The van der Waals surface area contributed by atoms with Gasteiger partial charge in [-0.2, -0.15) is 0 Å². The van der Waals surface area contributed by atoms with Gasteiger partial charge in [-0.3, -0.25) is 0 Å². The van der Waals surface area contributed by atoms with Crippen molar-refractivity contribution >= 4 is 27.3 Å². The number of sulfonamides is 1. The number of hydrogen-bond acceptors (Lipinski definition) is 3. The van der Waals surface area contributed by atoms with Crippen molar-refractivity contribution in [2.75, 3.05) is 5.32 Å². The second-order valence-electron chi connectivity index (χ2n) is 4.46. The first-order valence-corrected chi connectivity index (χ1v) is 7.94. The zero-order valence-electron chi connectivity index (χ0n) is 10.9. The van der Waals surface area contributed by atoms with Gasteiger partial charge in [0.2, 0.25) is 10.0 Å². The SMILES string of the molecule is CC(Nc1ccccc1S(N)(=O)=O)c1cccc(Cl)c1. The second-order valence-corrected chi connectivity index (χ2v) is 6.43. The zero-order chi connectivity index (χ0) is 14.8. The fourth-order valence-electron chi connectivity index (χ4n) is 1.93. The molecule has 2 rings (SSSR count). The van der Waals surface area contributed by atoms with E-state index in [1.54, 1.807) is 24.3 Å². The molecule has 106 valence electrons. The van der Waals surface area contributed by atoms with E-state index < -0.39 is 10.0 Å². The maximum atomic E-state index is 11.5. The molecule has 0 fully saturated rings. The molecule has 6 heteroatoms. The number of para-hydroxylation sites is 1. The first-order chi connectivity index (χ1) is 9.38. The van der Waals surface area contributed by atoms with Crippen molar-refractivity contribution in [1.29, 1.82) is 0 Å². The molecule has 0 saturated carbocycles. The topological polar surface area (TPSA) is 72.2 Å². The Morgan fingerprint density at radius 1 is 1.15 bits per heavy atom. The molecule has 0 radical (unpaired) electrons. The summed E-state index contributed by atoms with van der Waals surface area (Å²) in [7, 11) is -3.76. The van der Waals surface area contributed by atoms with Crippen molar-refractivity contribution in [3.63, 3.8) is 0 Å². The normalized spacial score (nSPS) is 12.9. The second kappa shape index (κ2) is 5.83. The summed E-state index contributed by atoms with van der Waals surface area (Å²) >= 11 is 5.95. The van der Waals surface area contributed by atoms with E-state index in [4.69, 9.17) is 16.7 Å². The van der Waals surface area contributed by atoms with Crippen LogP contribution < -0.4 is 10.5 Å². The predicted molar refractivity (Wildman–Crippen MR) is 81.3 cm³/mol. The Morgan fingerprint density at radius 3 is 2.50 bits per heavy atom. The number of rotatable bonds is 4. The molecule has 0 spiro atoms. The average Bonchev–Trinajstić information content (AvgIpc) is 2.38. The summed E-state index contributed by atoms with van der Waals surface area (Å²) in [5.41, 5.74) is 1.43. The van der Waals surface area contributed by atoms with Gasteiger partial charge in [-0.05, 0) is 36.8 Å². The van der Waals surface area contributed by atoms with Crippen molar-refractivity contribution in [2.24, 2.45) is 5.14 Å². The highest BCUT2D eigenvalue weighted by Crippen LogP contribution is 2.25. The maximum absolute atomic E-state index is 11.5. The van der Waals surface area contributed by atoms with Crippen molar-refractivity contribution in [3.8, 4) is 0 Å². The van der Waals surface area contributed by atoms with Gasteiger partial charge >= 0.3 is 0 Å². The molecular formula is C14H15ClN2O2S. The maximum Gasteiger partial charge on any atom is 0.240 e.